The molecule has 0 amide bonds. The third-order valence-electron chi connectivity index (χ3n) is 3.85. The molecule has 2 nitrogen and oxygen atoms in total. The van der Waals surface area contributed by atoms with Gasteiger partial charge in [-0.1, -0.05) is 24.3 Å². The number of benzene rings is 2. The maximum absolute atomic E-state index is 5.19. The topological polar surface area (TPSA) is 13.1 Å². The van der Waals surface area contributed by atoms with Gasteiger partial charge in [0.2, 0.25) is 11.2 Å². The zero-order chi connectivity index (χ0) is 15.4. The molecule has 0 saturated carbocycles. The summed E-state index contributed by atoms with van der Waals surface area (Å²) in [6.07, 6.45) is 4.30. The van der Waals surface area contributed by atoms with Gasteiger partial charge in [-0.25, -0.2) is 0 Å². The van der Waals surface area contributed by atoms with Crippen LogP contribution in [0.3, 0.4) is 0 Å². The van der Waals surface area contributed by atoms with E-state index in [9.17, 15) is 0 Å². The number of halogens is 1. The summed E-state index contributed by atoms with van der Waals surface area (Å²) >= 11 is 0. The lowest BCUT2D eigenvalue weighted by molar-refractivity contribution is -0.669. The minimum atomic E-state index is 0. The Morgan fingerprint density at radius 2 is 1.65 bits per heavy atom. The van der Waals surface area contributed by atoms with Crippen molar-refractivity contribution in [3.8, 4) is 5.75 Å². The van der Waals surface area contributed by atoms with Crippen molar-refractivity contribution in [2.45, 2.75) is 13.5 Å². The van der Waals surface area contributed by atoms with E-state index in [4.69, 9.17) is 4.74 Å². The van der Waals surface area contributed by atoms with Crippen LogP contribution in [0.4, 0.5) is 0 Å². The third kappa shape index (κ3) is 3.91. The van der Waals surface area contributed by atoms with Crippen molar-refractivity contribution in [3.05, 3.63) is 71.9 Å². The van der Waals surface area contributed by atoms with Crippen molar-refractivity contribution in [1.82, 2.24) is 0 Å². The van der Waals surface area contributed by atoms with Crippen LogP contribution in [-0.4, -0.2) is 7.11 Å². The fraction of sp³-hybridized carbons (Fsp3) is 0.150. The molecule has 118 valence electrons. The molecule has 2 aromatic carbocycles. The van der Waals surface area contributed by atoms with Gasteiger partial charge >= 0.3 is 0 Å². The molecule has 23 heavy (non-hydrogen) atoms. The molecule has 1 heterocycles. The van der Waals surface area contributed by atoms with Gasteiger partial charge in [0, 0.05) is 23.6 Å². The lowest BCUT2D eigenvalue weighted by Gasteiger charge is -2.03. The van der Waals surface area contributed by atoms with Gasteiger partial charge in [0.25, 0.3) is 0 Å². The number of aromatic nitrogens is 1. The van der Waals surface area contributed by atoms with Crippen molar-refractivity contribution in [3.63, 3.8) is 0 Å². The van der Waals surface area contributed by atoms with Gasteiger partial charge in [-0.05, 0) is 42.8 Å². The molecule has 0 unspecified atom stereocenters. The number of ether oxygens (including phenoxy) is 1. The lowest BCUT2D eigenvalue weighted by atomic mass is 10.1. The summed E-state index contributed by atoms with van der Waals surface area (Å²) in [5.74, 6) is 0.881. The Morgan fingerprint density at radius 3 is 2.35 bits per heavy atom. The molecule has 0 aliphatic carbocycles. The predicted molar refractivity (Wildman–Crippen MR) is 91.7 cm³/mol. The molecule has 0 N–H and O–H groups in total. The minimum absolute atomic E-state index is 0. The average molecular weight is 417 g/mol. The highest BCUT2D eigenvalue weighted by molar-refractivity contribution is 5.77. The fourth-order valence-electron chi connectivity index (χ4n) is 2.67. The molecule has 0 saturated heterocycles. The van der Waals surface area contributed by atoms with Gasteiger partial charge in [0.1, 0.15) is 12.3 Å². The van der Waals surface area contributed by atoms with E-state index < -0.39 is 0 Å². The molecule has 3 heteroatoms. The van der Waals surface area contributed by atoms with Gasteiger partial charge < -0.3 is 28.7 Å². The number of methoxy groups -OCH3 is 1. The summed E-state index contributed by atoms with van der Waals surface area (Å²) in [4.78, 5) is 0. The zero-order valence-electron chi connectivity index (χ0n) is 13.4. The smallest absolute Gasteiger partial charge is 0.212 e. The van der Waals surface area contributed by atoms with Crippen molar-refractivity contribution in [2.24, 2.45) is 0 Å². The van der Waals surface area contributed by atoms with Crippen molar-refractivity contribution < 1.29 is 33.3 Å². The van der Waals surface area contributed by atoms with Gasteiger partial charge in [-0.15, -0.1) is 0 Å². The van der Waals surface area contributed by atoms with Crippen LogP contribution in [0, 0.1) is 0 Å². The number of rotatable bonds is 4. The van der Waals surface area contributed by atoms with Crippen LogP contribution in [0.25, 0.3) is 23.1 Å². The molecule has 0 aliphatic heterocycles. The molecular formula is C20H20INO. The van der Waals surface area contributed by atoms with Crippen molar-refractivity contribution >= 4 is 23.1 Å². The normalized spacial score (nSPS) is 10.7. The number of hydrogen-bond donors (Lipinski definition) is 0. The summed E-state index contributed by atoms with van der Waals surface area (Å²) in [7, 11) is 1.68. The summed E-state index contributed by atoms with van der Waals surface area (Å²) in [6, 6.07) is 20.9. The highest BCUT2D eigenvalue weighted by Crippen LogP contribution is 2.15. The first kappa shape index (κ1) is 17.5. The number of para-hydroxylation sites is 1. The van der Waals surface area contributed by atoms with Crippen LogP contribution < -0.4 is 33.3 Å². The van der Waals surface area contributed by atoms with E-state index in [1.54, 1.807) is 7.11 Å². The Morgan fingerprint density at radius 1 is 0.913 bits per heavy atom. The molecule has 1 aromatic heterocycles. The van der Waals surface area contributed by atoms with E-state index in [2.05, 4.69) is 72.2 Å². The molecule has 0 spiro atoms. The van der Waals surface area contributed by atoms with Crippen LogP contribution in [-0.2, 0) is 6.54 Å². The van der Waals surface area contributed by atoms with Gasteiger partial charge in [-0.3, -0.25) is 0 Å². The van der Waals surface area contributed by atoms with Crippen LogP contribution >= 0.6 is 0 Å². The fourth-order valence-corrected chi connectivity index (χ4v) is 2.67. The van der Waals surface area contributed by atoms with E-state index >= 15 is 0 Å². The summed E-state index contributed by atoms with van der Waals surface area (Å²) in [6.45, 7) is 3.13. The highest BCUT2D eigenvalue weighted by atomic mass is 127. The second kappa shape index (κ2) is 8.11. The first-order valence-corrected chi connectivity index (χ1v) is 7.55. The van der Waals surface area contributed by atoms with E-state index in [1.165, 1.54) is 16.6 Å². The molecule has 0 bridgehead atoms. The molecular weight excluding hydrogens is 397 g/mol. The molecule has 0 aliphatic rings. The Balaban J connectivity index is 0.00000192. The molecule has 3 rings (SSSR count). The Hall–Kier alpha value is -1.88. The maximum Gasteiger partial charge on any atom is 0.212 e. The van der Waals surface area contributed by atoms with Gasteiger partial charge in [0.15, 0.2) is 0 Å². The highest BCUT2D eigenvalue weighted by Gasteiger charge is 2.10. The summed E-state index contributed by atoms with van der Waals surface area (Å²) < 4.78 is 7.52. The quantitative estimate of drug-likeness (QED) is 0.461. The second-order valence-electron chi connectivity index (χ2n) is 5.17. The zero-order valence-corrected chi connectivity index (χ0v) is 15.5. The standard InChI is InChI=1S/C20H20NO.HI/c1-3-21-18(13-11-17-6-4-5-7-20(17)21)12-8-16-9-14-19(22-2)15-10-16;/h4-15H,3H2,1-2H3;1H/q+1;/p-1/b12-8+;. The predicted octanol–water partition coefficient (Wildman–Crippen LogP) is 1.33. The Kier molecular flexibility index (Phi) is 6.16. The number of fused-ring (bicyclic) bond motifs is 1. The van der Waals surface area contributed by atoms with E-state index in [1.807, 2.05) is 12.1 Å². The minimum Gasteiger partial charge on any atom is -1.00 e. The monoisotopic (exact) mass is 417 g/mol. The Bertz CT molecular complexity index is 809. The molecule has 0 fully saturated rings. The van der Waals surface area contributed by atoms with Crippen LogP contribution in [0.15, 0.2) is 60.7 Å². The van der Waals surface area contributed by atoms with Gasteiger partial charge in [0.05, 0.1) is 7.11 Å². The van der Waals surface area contributed by atoms with E-state index in [-0.39, 0.29) is 24.0 Å². The number of pyridine rings is 1. The maximum atomic E-state index is 5.19. The van der Waals surface area contributed by atoms with Crippen molar-refractivity contribution in [2.75, 3.05) is 7.11 Å². The lowest BCUT2D eigenvalue weighted by Crippen LogP contribution is -3.00. The average Bonchev–Trinajstić information content (AvgIpc) is 2.59. The number of nitrogens with zero attached hydrogens (tertiary/aromatic N) is 1. The summed E-state index contributed by atoms with van der Waals surface area (Å²) in [5.41, 5.74) is 3.63. The van der Waals surface area contributed by atoms with E-state index in [0.717, 1.165) is 17.9 Å². The molecule has 0 radical (unpaired) electrons. The SMILES string of the molecule is CC[n+]1c(/C=C/c2ccc(OC)cc2)ccc2ccccc21.[I-]. The number of hydrogen-bond acceptors (Lipinski definition) is 1. The largest absolute Gasteiger partial charge is 1.00 e. The number of aryl methyl sites for hydroxylation is 1. The first-order chi connectivity index (χ1) is 10.8. The Labute approximate surface area is 154 Å². The second-order valence-corrected chi connectivity index (χ2v) is 5.17. The van der Waals surface area contributed by atoms with Crippen molar-refractivity contribution in [1.29, 1.82) is 0 Å². The first-order valence-electron chi connectivity index (χ1n) is 7.55. The third-order valence-corrected chi connectivity index (χ3v) is 3.85. The molecule has 3 aromatic rings. The van der Waals surface area contributed by atoms with E-state index in [0.29, 0.717) is 0 Å². The van der Waals surface area contributed by atoms with Crippen LogP contribution in [0.2, 0.25) is 0 Å². The van der Waals surface area contributed by atoms with Crippen LogP contribution in [0.1, 0.15) is 18.2 Å². The molecule has 0 atom stereocenters. The van der Waals surface area contributed by atoms with Gasteiger partial charge in [-0.2, -0.15) is 4.57 Å². The summed E-state index contributed by atoms with van der Waals surface area (Å²) in [5, 5.41) is 1.27. The van der Waals surface area contributed by atoms with Crippen LogP contribution in [0.5, 0.6) is 5.75 Å².